The molecule has 2 rings (SSSR count). The number of benzene rings is 1. The molecule has 0 fully saturated rings. The summed E-state index contributed by atoms with van der Waals surface area (Å²) in [7, 11) is 0. The van der Waals surface area contributed by atoms with Crippen molar-refractivity contribution < 1.29 is 14.5 Å². The van der Waals surface area contributed by atoms with Gasteiger partial charge in [0.05, 0.1) is 22.5 Å². The minimum Gasteiger partial charge on any atom is -0.413 e. The maximum atomic E-state index is 11.8. The first-order chi connectivity index (χ1) is 9.56. The van der Waals surface area contributed by atoms with Crippen LogP contribution in [0.1, 0.15) is 12.5 Å². The van der Waals surface area contributed by atoms with Crippen LogP contribution in [0.3, 0.4) is 0 Å². The van der Waals surface area contributed by atoms with Crippen LogP contribution < -0.4 is 4.74 Å². The van der Waals surface area contributed by atoms with Crippen LogP contribution >= 0.6 is 11.3 Å². The number of carbonyl (C=O) groups excluding carboxylic acids is 1. The molecule has 1 heterocycles. The second-order valence-corrected chi connectivity index (χ2v) is 5.12. The largest absolute Gasteiger partial charge is 0.413 e. The van der Waals surface area contributed by atoms with E-state index >= 15 is 0 Å². The molecule has 1 unspecified atom stereocenters. The van der Waals surface area contributed by atoms with E-state index < -0.39 is 4.92 Å². The van der Waals surface area contributed by atoms with Crippen LogP contribution in [0.5, 0.6) is 5.06 Å². The molecule has 0 aliphatic heterocycles. The number of nitro benzene ring substituents is 1. The Labute approximate surface area is 119 Å². The number of hydrogen-bond acceptors (Lipinski definition) is 6. The van der Waals surface area contributed by atoms with Gasteiger partial charge in [-0.2, -0.15) is 0 Å². The molecule has 1 atom stereocenters. The lowest BCUT2D eigenvalue weighted by Crippen LogP contribution is -2.19. The number of aromatic nitrogens is 1. The third-order valence-electron chi connectivity index (χ3n) is 2.70. The average Bonchev–Trinajstić information content (AvgIpc) is 2.92. The second kappa shape index (κ2) is 6.25. The molecular formula is C13H12N2O4S. The van der Waals surface area contributed by atoms with Crippen LogP contribution in [0, 0.1) is 16.0 Å². The molecule has 0 aliphatic carbocycles. The van der Waals surface area contributed by atoms with E-state index in [4.69, 9.17) is 4.74 Å². The van der Waals surface area contributed by atoms with Crippen molar-refractivity contribution in [2.75, 3.05) is 0 Å². The fraction of sp³-hybridized carbons (Fsp3) is 0.231. The van der Waals surface area contributed by atoms with Crippen molar-refractivity contribution in [3.8, 4) is 5.06 Å². The molecule has 20 heavy (non-hydrogen) atoms. The van der Waals surface area contributed by atoms with Crippen molar-refractivity contribution in [3.63, 3.8) is 0 Å². The molecule has 0 spiro atoms. The number of esters is 1. The maximum absolute atomic E-state index is 11.8. The highest BCUT2D eigenvalue weighted by Gasteiger charge is 2.17. The normalized spacial score (nSPS) is 11.8. The lowest BCUT2D eigenvalue weighted by atomic mass is 10.0. The van der Waals surface area contributed by atoms with E-state index in [9.17, 15) is 14.9 Å². The Morgan fingerprint density at radius 2 is 2.15 bits per heavy atom. The zero-order chi connectivity index (χ0) is 14.5. The number of non-ortho nitro benzene ring substituents is 1. The molecule has 104 valence electrons. The van der Waals surface area contributed by atoms with E-state index in [0.29, 0.717) is 11.5 Å². The molecule has 6 nitrogen and oxygen atoms in total. The molecule has 0 saturated carbocycles. The van der Waals surface area contributed by atoms with E-state index in [0.717, 1.165) is 5.56 Å². The van der Waals surface area contributed by atoms with Crippen LogP contribution in [0.4, 0.5) is 5.69 Å². The van der Waals surface area contributed by atoms with Crippen LogP contribution in [0.2, 0.25) is 0 Å². The zero-order valence-electron chi connectivity index (χ0n) is 10.7. The smallest absolute Gasteiger partial charge is 0.315 e. The van der Waals surface area contributed by atoms with E-state index in [1.165, 1.54) is 29.7 Å². The van der Waals surface area contributed by atoms with E-state index in [-0.39, 0.29) is 17.6 Å². The van der Waals surface area contributed by atoms with Crippen LogP contribution in [-0.4, -0.2) is 15.9 Å². The summed E-state index contributed by atoms with van der Waals surface area (Å²) in [5.74, 6) is -0.675. The SMILES string of the molecule is CC(Cc1ccc([N+](=O)[O-])cc1)C(=O)Oc1cncs1. The first kappa shape index (κ1) is 14.1. The highest BCUT2D eigenvalue weighted by atomic mass is 32.1. The Balaban J connectivity index is 1.95. The maximum Gasteiger partial charge on any atom is 0.315 e. The Bertz CT molecular complexity index is 595. The zero-order valence-corrected chi connectivity index (χ0v) is 11.5. The number of ether oxygens (including phenoxy) is 1. The summed E-state index contributed by atoms with van der Waals surface area (Å²) in [4.78, 5) is 25.8. The molecular weight excluding hydrogens is 280 g/mol. The van der Waals surface area contributed by atoms with Gasteiger partial charge in [0.15, 0.2) is 0 Å². The van der Waals surface area contributed by atoms with Crippen LogP contribution in [-0.2, 0) is 11.2 Å². The second-order valence-electron chi connectivity index (χ2n) is 4.27. The van der Waals surface area contributed by atoms with Gasteiger partial charge in [-0.3, -0.25) is 14.9 Å². The molecule has 2 aromatic rings. The van der Waals surface area contributed by atoms with Crippen molar-refractivity contribution in [2.24, 2.45) is 5.92 Å². The van der Waals surface area contributed by atoms with Crippen molar-refractivity contribution in [2.45, 2.75) is 13.3 Å². The van der Waals surface area contributed by atoms with Gasteiger partial charge in [0.1, 0.15) is 0 Å². The van der Waals surface area contributed by atoms with E-state index in [2.05, 4.69) is 4.98 Å². The molecule has 0 saturated heterocycles. The molecule has 0 aliphatic rings. The summed E-state index contributed by atoms with van der Waals surface area (Å²) in [6.07, 6.45) is 1.96. The molecule has 0 bridgehead atoms. The standard InChI is InChI=1S/C13H12N2O4S/c1-9(13(16)19-12-7-14-8-20-12)6-10-2-4-11(5-3-10)15(17)18/h2-5,7-9H,6H2,1H3. The number of thiazole rings is 1. The van der Waals surface area contributed by atoms with Gasteiger partial charge < -0.3 is 4.74 Å². The highest BCUT2D eigenvalue weighted by Crippen LogP contribution is 2.19. The summed E-state index contributed by atoms with van der Waals surface area (Å²) in [5.41, 5.74) is 2.47. The predicted molar refractivity (Wildman–Crippen MR) is 73.7 cm³/mol. The fourth-order valence-corrected chi connectivity index (χ4v) is 2.12. The van der Waals surface area contributed by atoms with Crippen molar-refractivity contribution in [3.05, 3.63) is 51.7 Å². The van der Waals surface area contributed by atoms with Gasteiger partial charge in [-0.25, -0.2) is 4.98 Å². The highest BCUT2D eigenvalue weighted by molar-refractivity contribution is 7.11. The summed E-state index contributed by atoms with van der Waals surface area (Å²) < 4.78 is 5.16. The summed E-state index contributed by atoms with van der Waals surface area (Å²) in [6.45, 7) is 1.75. The quantitative estimate of drug-likeness (QED) is 0.481. The molecule has 0 radical (unpaired) electrons. The summed E-state index contributed by atoms with van der Waals surface area (Å²) in [6, 6.07) is 6.15. The first-order valence-electron chi connectivity index (χ1n) is 5.90. The number of hydrogen-bond donors (Lipinski definition) is 0. The first-order valence-corrected chi connectivity index (χ1v) is 6.77. The number of rotatable bonds is 5. The van der Waals surface area contributed by atoms with Crippen molar-refractivity contribution in [1.82, 2.24) is 4.98 Å². The molecule has 1 aromatic heterocycles. The van der Waals surface area contributed by atoms with Gasteiger partial charge in [-0.05, 0) is 12.0 Å². The molecule has 7 heteroatoms. The summed E-state index contributed by atoms with van der Waals surface area (Å²) in [5, 5.41) is 11.0. The van der Waals surface area contributed by atoms with Gasteiger partial charge >= 0.3 is 5.97 Å². The lowest BCUT2D eigenvalue weighted by molar-refractivity contribution is -0.384. The fourth-order valence-electron chi connectivity index (χ4n) is 1.64. The van der Waals surface area contributed by atoms with Crippen LogP contribution in [0.15, 0.2) is 36.0 Å². The third kappa shape index (κ3) is 3.61. The number of nitrogens with zero attached hydrogens (tertiary/aromatic N) is 2. The van der Waals surface area contributed by atoms with E-state index in [1.54, 1.807) is 24.6 Å². The van der Waals surface area contributed by atoms with Gasteiger partial charge in [0.2, 0.25) is 5.06 Å². The topological polar surface area (TPSA) is 82.3 Å². The van der Waals surface area contributed by atoms with Crippen molar-refractivity contribution >= 4 is 23.0 Å². The predicted octanol–water partition coefficient (Wildman–Crippen LogP) is 2.84. The minimum absolute atomic E-state index is 0.0358. The van der Waals surface area contributed by atoms with Gasteiger partial charge in [0.25, 0.3) is 5.69 Å². The summed E-state index contributed by atoms with van der Waals surface area (Å²) >= 11 is 1.25. The lowest BCUT2D eigenvalue weighted by Gasteiger charge is -2.09. The van der Waals surface area contributed by atoms with E-state index in [1.807, 2.05) is 0 Å². The Morgan fingerprint density at radius 1 is 1.45 bits per heavy atom. The molecule has 0 amide bonds. The van der Waals surface area contributed by atoms with Gasteiger partial charge in [0, 0.05) is 12.1 Å². The third-order valence-corrected chi connectivity index (χ3v) is 3.35. The monoisotopic (exact) mass is 292 g/mol. The number of carbonyl (C=O) groups is 1. The van der Waals surface area contributed by atoms with Crippen LogP contribution in [0.25, 0.3) is 0 Å². The Morgan fingerprint density at radius 3 is 2.70 bits per heavy atom. The molecule has 1 aromatic carbocycles. The van der Waals surface area contributed by atoms with Crippen molar-refractivity contribution in [1.29, 1.82) is 0 Å². The minimum atomic E-state index is -0.453. The Kier molecular flexibility index (Phi) is 4.41. The Hall–Kier alpha value is -2.28. The molecule has 0 N–H and O–H groups in total. The average molecular weight is 292 g/mol. The van der Waals surface area contributed by atoms with Gasteiger partial charge in [-0.1, -0.05) is 30.4 Å². The number of nitro groups is 1. The van der Waals surface area contributed by atoms with Gasteiger partial charge in [-0.15, -0.1) is 0 Å².